The Kier molecular flexibility index (Phi) is 3.77. The van der Waals surface area contributed by atoms with Gasteiger partial charge in [-0.05, 0) is 24.3 Å². The van der Waals surface area contributed by atoms with Crippen LogP contribution in [0.1, 0.15) is 0 Å². The zero-order chi connectivity index (χ0) is 14.9. The van der Waals surface area contributed by atoms with Gasteiger partial charge in [-0.25, -0.2) is 13.4 Å². The molecule has 3 N–H and O–H groups in total. The number of hydrogen-bond donors (Lipinski definition) is 2. The Hall–Kier alpha value is -1.74. The predicted octanol–water partition coefficient (Wildman–Crippen LogP) is 0.343. The van der Waals surface area contributed by atoms with Crippen molar-refractivity contribution in [2.24, 2.45) is 0 Å². The highest BCUT2D eigenvalue weighted by Crippen LogP contribution is 2.25. The molecule has 3 rings (SSSR count). The number of rotatable bonds is 3. The molecule has 0 saturated carbocycles. The number of morpholine rings is 1. The first kappa shape index (κ1) is 14.2. The van der Waals surface area contributed by atoms with Crippen LogP contribution in [0.15, 0.2) is 35.4 Å². The van der Waals surface area contributed by atoms with Crippen molar-refractivity contribution in [3.63, 3.8) is 0 Å². The first-order valence-corrected chi connectivity index (χ1v) is 8.04. The number of nitrogens with one attached hydrogen (secondary N) is 1. The lowest BCUT2D eigenvalue weighted by molar-refractivity contribution is 0.0272. The normalized spacial score (nSPS) is 17.1. The molecule has 0 amide bonds. The molecule has 2 aromatic rings. The van der Waals surface area contributed by atoms with Gasteiger partial charge in [0.2, 0.25) is 0 Å². The zero-order valence-electron chi connectivity index (χ0n) is 11.3. The van der Waals surface area contributed by atoms with Crippen molar-refractivity contribution >= 4 is 26.6 Å². The number of nitrogens with zero attached hydrogens (tertiary/aromatic N) is 2. The Morgan fingerprint density at radius 2 is 2.00 bits per heavy atom. The smallest absolute Gasteiger partial charge is 0.255 e. The number of hydrogen-bond acceptors (Lipinski definition) is 6. The van der Waals surface area contributed by atoms with Gasteiger partial charge in [-0.3, -0.25) is 4.98 Å². The fourth-order valence-corrected chi connectivity index (χ4v) is 3.54. The van der Waals surface area contributed by atoms with E-state index in [0.29, 0.717) is 42.9 Å². The van der Waals surface area contributed by atoms with Crippen LogP contribution in [-0.2, 0) is 14.8 Å². The first-order valence-electron chi connectivity index (χ1n) is 6.56. The SMILES string of the molecule is Nc1ccc(S(=O)(=O)NN2CCOCC2)c2ncccc12. The average molecular weight is 308 g/mol. The minimum atomic E-state index is -3.70. The molecule has 0 atom stereocenters. The molecule has 1 aromatic heterocycles. The number of pyridine rings is 1. The maximum Gasteiger partial charge on any atom is 0.255 e. The van der Waals surface area contributed by atoms with E-state index in [-0.39, 0.29) is 4.90 Å². The van der Waals surface area contributed by atoms with Crippen molar-refractivity contribution in [2.45, 2.75) is 4.90 Å². The Balaban J connectivity index is 2.00. The fourth-order valence-electron chi connectivity index (χ4n) is 2.26. The van der Waals surface area contributed by atoms with Gasteiger partial charge in [-0.2, -0.15) is 0 Å². The Bertz CT molecular complexity index is 757. The summed E-state index contributed by atoms with van der Waals surface area (Å²) < 4.78 is 30.3. The van der Waals surface area contributed by atoms with Crippen LogP contribution in [0.5, 0.6) is 0 Å². The predicted molar refractivity (Wildman–Crippen MR) is 78.9 cm³/mol. The molecule has 21 heavy (non-hydrogen) atoms. The van der Waals surface area contributed by atoms with Crippen LogP contribution in [0.3, 0.4) is 0 Å². The number of fused-ring (bicyclic) bond motifs is 1. The van der Waals surface area contributed by atoms with E-state index in [9.17, 15) is 8.42 Å². The van der Waals surface area contributed by atoms with Crippen molar-refractivity contribution in [3.8, 4) is 0 Å². The van der Waals surface area contributed by atoms with Crippen molar-refractivity contribution in [3.05, 3.63) is 30.5 Å². The molecule has 0 aliphatic carbocycles. The third-order valence-electron chi connectivity index (χ3n) is 3.32. The molecule has 1 aliphatic rings. The number of nitrogens with two attached hydrogens (primary N) is 1. The summed E-state index contributed by atoms with van der Waals surface area (Å²) in [6.07, 6.45) is 1.55. The summed E-state index contributed by atoms with van der Waals surface area (Å²) in [6, 6.07) is 6.54. The maximum atomic E-state index is 12.6. The molecule has 0 bridgehead atoms. The lowest BCUT2D eigenvalue weighted by Gasteiger charge is -2.26. The lowest BCUT2D eigenvalue weighted by Crippen LogP contribution is -2.48. The van der Waals surface area contributed by atoms with Crippen LogP contribution < -0.4 is 10.6 Å². The molecule has 1 aliphatic heterocycles. The van der Waals surface area contributed by atoms with Crippen molar-refractivity contribution in [1.82, 2.24) is 14.8 Å². The number of ether oxygens (including phenoxy) is 1. The lowest BCUT2D eigenvalue weighted by atomic mass is 10.2. The fraction of sp³-hybridized carbons (Fsp3) is 0.308. The van der Waals surface area contributed by atoms with E-state index in [1.54, 1.807) is 29.4 Å². The van der Waals surface area contributed by atoms with E-state index >= 15 is 0 Å². The summed E-state index contributed by atoms with van der Waals surface area (Å²) in [6.45, 7) is 2.03. The van der Waals surface area contributed by atoms with Crippen LogP contribution in [0.2, 0.25) is 0 Å². The van der Waals surface area contributed by atoms with E-state index < -0.39 is 10.0 Å². The van der Waals surface area contributed by atoms with Crippen molar-refractivity contribution in [1.29, 1.82) is 0 Å². The highest BCUT2D eigenvalue weighted by atomic mass is 32.2. The molecular formula is C13H16N4O3S. The molecule has 112 valence electrons. The Morgan fingerprint density at radius 1 is 1.24 bits per heavy atom. The quantitative estimate of drug-likeness (QED) is 0.794. The summed E-state index contributed by atoms with van der Waals surface area (Å²) in [5.74, 6) is 0. The van der Waals surface area contributed by atoms with Crippen molar-refractivity contribution in [2.75, 3.05) is 32.0 Å². The summed E-state index contributed by atoms with van der Waals surface area (Å²) in [7, 11) is -3.70. The number of benzene rings is 1. The van der Waals surface area contributed by atoms with Gasteiger partial charge in [0.05, 0.1) is 18.7 Å². The van der Waals surface area contributed by atoms with Gasteiger partial charge in [0.15, 0.2) is 0 Å². The van der Waals surface area contributed by atoms with Crippen LogP contribution in [0.4, 0.5) is 5.69 Å². The van der Waals surface area contributed by atoms with Gasteiger partial charge in [0, 0.05) is 30.4 Å². The minimum Gasteiger partial charge on any atom is -0.398 e. The number of hydrazine groups is 1. The zero-order valence-corrected chi connectivity index (χ0v) is 12.1. The van der Waals surface area contributed by atoms with Gasteiger partial charge in [0.1, 0.15) is 4.90 Å². The Morgan fingerprint density at radius 3 is 2.76 bits per heavy atom. The molecule has 1 fully saturated rings. The van der Waals surface area contributed by atoms with Gasteiger partial charge < -0.3 is 10.5 Å². The summed E-state index contributed by atoms with van der Waals surface area (Å²) in [4.78, 5) is 6.85. The largest absolute Gasteiger partial charge is 0.398 e. The van der Waals surface area contributed by atoms with Crippen LogP contribution >= 0.6 is 0 Å². The number of aromatic nitrogens is 1. The van der Waals surface area contributed by atoms with E-state index in [2.05, 4.69) is 9.82 Å². The monoisotopic (exact) mass is 308 g/mol. The molecule has 0 spiro atoms. The summed E-state index contributed by atoms with van der Waals surface area (Å²) in [5, 5.41) is 2.26. The topological polar surface area (TPSA) is 97.5 Å². The van der Waals surface area contributed by atoms with E-state index in [1.165, 1.54) is 6.07 Å². The number of sulfonamides is 1. The van der Waals surface area contributed by atoms with Crippen LogP contribution in [0, 0.1) is 0 Å². The van der Waals surface area contributed by atoms with Gasteiger partial charge in [-0.15, -0.1) is 4.83 Å². The van der Waals surface area contributed by atoms with E-state index in [4.69, 9.17) is 10.5 Å². The second-order valence-electron chi connectivity index (χ2n) is 4.75. The van der Waals surface area contributed by atoms with Gasteiger partial charge >= 0.3 is 0 Å². The standard InChI is InChI=1S/C13H16N4O3S/c14-11-3-4-12(13-10(11)2-1-5-15-13)21(18,19)16-17-6-8-20-9-7-17/h1-5,16H,6-9,14H2. The second-order valence-corrected chi connectivity index (χ2v) is 6.38. The van der Waals surface area contributed by atoms with Gasteiger partial charge in [-0.1, -0.05) is 0 Å². The second kappa shape index (κ2) is 5.57. The molecule has 1 aromatic carbocycles. The third-order valence-corrected chi connectivity index (χ3v) is 4.72. The first-order chi connectivity index (χ1) is 10.1. The molecular weight excluding hydrogens is 292 g/mol. The molecule has 1 saturated heterocycles. The van der Waals surface area contributed by atoms with E-state index in [0.717, 1.165) is 0 Å². The molecule has 7 nitrogen and oxygen atoms in total. The highest BCUT2D eigenvalue weighted by Gasteiger charge is 2.23. The van der Waals surface area contributed by atoms with Crippen LogP contribution in [0.25, 0.3) is 10.9 Å². The molecule has 8 heteroatoms. The summed E-state index contributed by atoms with van der Waals surface area (Å²) >= 11 is 0. The third kappa shape index (κ3) is 2.84. The number of anilines is 1. The van der Waals surface area contributed by atoms with Crippen molar-refractivity contribution < 1.29 is 13.2 Å². The van der Waals surface area contributed by atoms with Crippen LogP contribution in [-0.4, -0.2) is 44.7 Å². The average Bonchev–Trinajstić information content (AvgIpc) is 2.48. The van der Waals surface area contributed by atoms with E-state index in [1.807, 2.05) is 0 Å². The maximum absolute atomic E-state index is 12.6. The number of nitrogen functional groups attached to an aromatic ring is 1. The van der Waals surface area contributed by atoms with Gasteiger partial charge in [0.25, 0.3) is 10.0 Å². The molecule has 2 heterocycles. The minimum absolute atomic E-state index is 0.124. The molecule has 0 radical (unpaired) electrons. The summed E-state index contributed by atoms with van der Waals surface area (Å²) in [5.41, 5.74) is 6.75. The molecule has 0 unspecified atom stereocenters. The Labute approximate surface area is 122 Å². The highest BCUT2D eigenvalue weighted by molar-refractivity contribution is 7.89.